The lowest BCUT2D eigenvalue weighted by molar-refractivity contribution is 0.568. The van der Waals surface area contributed by atoms with E-state index in [9.17, 15) is 0 Å². The van der Waals surface area contributed by atoms with Crippen molar-refractivity contribution < 1.29 is 6.85 Å². The van der Waals surface area contributed by atoms with E-state index in [1.165, 1.54) is 27.5 Å². The number of fused-ring (bicyclic) bond motifs is 6. The maximum absolute atomic E-state index is 8.90. The van der Waals surface area contributed by atoms with Gasteiger partial charge in [0, 0.05) is 27.2 Å². The fourth-order valence-electron chi connectivity index (χ4n) is 7.93. The van der Waals surface area contributed by atoms with Gasteiger partial charge < -0.3 is 9.13 Å². The van der Waals surface area contributed by atoms with Crippen LogP contribution in [0.1, 0.15) is 97.0 Å². The molecule has 256 valence electrons. The molecule has 2 heterocycles. The van der Waals surface area contributed by atoms with Crippen LogP contribution in [0.5, 0.6) is 0 Å². The molecule has 0 unspecified atom stereocenters. The Hall–Kier alpha value is -5.08. The number of hydrogen-bond donors (Lipinski definition) is 0. The predicted octanol–water partition coefficient (Wildman–Crippen LogP) is 13.4. The molecule has 6 aromatic carbocycles. The summed E-state index contributed by atoms with van der Waals surface area (Å²) in [6.07, 6.45) is 0.185. The largest absolute Gasteiger partial charge is 0.309 e. The Labute approximate surface area is 310 Å². The first-order valence-electron chi connectivity index (χ1n) is 20.6. The molecule has 0 fully saturated rings. The quantitative estimate of drug-likeness (QED) is 0.176. The van der Waals surface area contributed by atoms with Gasteiger partial charge in [0.25, 0.3) is 0 Å². The average Bonchev–Trinajstić information content (AvgIpc) is 3.66. The zero-order chi connectivity index (χ0) is 40.2. The molecule has 51 heavy (non-hydrogen) atoms. The molecule has 2 heteroatoms. The summed E-state index contributed by atoms with van der Waals surface area (Å²) < 4.78 is 47.9. The highest BCUT2D eigenvalue weighted by Gasteiger charge is 2.30. The van der Waals surface area contributed by atoms with Crippen molar-refractivity contribution in [3.8, 4) is 11.4 Å². The number of benzene rings is 6. The average molecular weight is 672 g/mol. The normalized spacial score (nSPS) is 14.3. The molecule has 2 aromatic heterocycles. The minimum absolute atomic E-state index is 0.0960. The molecule has 2 nitrogen and oxygen atoms in total. The minimum atomic E-state index is -0.377. The Morgan fingerprint density at radius 1 is 0.510 bits per heavy atom. The van der Waals surface area contributed by atoms with Crippen molar-refractivity contribution in [2.75, 3.05) is 0 Å². The molecule has 8 aromatic rings. The van der Waals surface area contributed by atoms with Gasteiger partial charge in [0.1, 0.15) is 0 Å². The van der Waals surface area contributed by atoms with Gasteiger partial charge in [0.05, 0.1) is 34.6 Å². The third-order valence-electron chi connectivity index (χ3n) is 10.4. The Morgan fingerprint density at radius 3 is 1.63 bits per heavy atom. The van der Waals surface area contributed by atoms with Gasteiger partial charge in [0.2, 0.25) is 0 Å². The van der Waals surface area contributed by atoms with E-state index in [-0.39, 0.29) is 52.9 Å². The van der Waals surface area contributed by atoms with E-state index in [4.69, 9.17) is 6.85 Å². The van der Waals surface area contributed by atoms with Crippen molar-refractivity contribution in [2.24, 2.45) is 0 Å². The Balaban J connectivity index is 1.57. The van der Waals surface area contributed by atoms with E-state index in [1.807, 2.05) is 6.07 Å². The third kappa shape index (κ3) is 5.57. The number of aromatic nitrogens is 2. The van der Waals surface area contributed by atoms with Crippen molar-refractivity contribution >= 4 is 43.6 Å². The summed E-state index contributed by atoms with van der Waals surface area (Å²) in [4.78, 5) is 0. The van der Waals surface area contributed by atoms with Crippen LogP contribution in [0.25, 0.3) is 55.0 Å². The molecule has 0 saturated carbocycles. The van der Waals surface area contributed by atoms with Gasteiger partial charge in [-0.3, -0.25) is 0 Å². The van der Waals surface area contributed by atoms with Crippen molar-refractivity contribution in [2.45, 2.75) is 85.0 Å². The standard InChI is InChI=1S/C49H50N2/c1-47(2,3)34-29-35(48(4,5)6)31-36(30-34)50-41-25-17-20-33(28-32-18-11-10-12-19-32)44(41)45-42(50)26-27-43(46(45)49(7,8)9)51-39-23-15-13-21-37(39)38-22-14-16-24-40(38)51/h10-27,29-31H,28H2,1-9H3/i10D,11D,12D,18D,19D. The Kier molecular flexibility index (Phi) is 6.36. The van der Waals surface area contributed by atoms with E-state index in [2.05, 4.69) is 162 Å². The van der Waals surface area contributed by atoms with Gasteiger partial charge in [-0.1, -0.05) is 147 Å². The topological polar surface area (TPSA) is 9.86 Å². The monoisotopic (exact) mass is 671 g/mol. The van der Waals surface area contributed by atoms with Crippen LogP contribution in [0.15, 0.2) is 127 Å². The minimum Gasteiger partial charge on any atom is -0.309 e. The molecule has 0 amide bonds. The summed E-state index contributed by atoms with van der Waals surface area (Å²) in [5.74, 6) is 0. The van der Waals surface area contributed by atoms with Crippen LogP contribution in [0.3, 0.4) is 0 Å². The number of para-hydroxylation sites is 2. The predicted molar refractivity (Wildman–Crippen MR) is 220 cm³/mol. The highest BCUT2D eigenvalue weighted by molar-refractivity contribution is 6.15. The van der Waals surface area contributed by atoms with Gasteiger partial charge >= 0.3 is 0 Å². The van der Waals surface area contributed by atoms with Crippen molar-refractivity contribution in [3.63, 3.8) is 0 Å². The van der Waals surface area contributed by atoms with Crippen LogP contribution in [-0.2, 0) is 22.7 Å². The van der Waals surface area contributed by atoms with Gasteiger partial charge in [0.15, 0.2) is 0 Å². The van der Waals surface area contributed by atoms with E-state index < -0.39 is 0 Å². The second-order valence-corrected chi connectivity index (χ2v) is 17.2. The summed E-state index contributed by atoms with van der Waals surface area (Å²) >= 11 is 0. The highest BCUT2D eigenvalue weighted by atomic mass is 15.0. The molecular weight excluding hydrogens is 617 g/mol. The molecule has 0 aliphatic rings. The van der Waals surface area contributed by atoms with Gasteiger partial charge in [-0.05, 0) is 92.9 Å². The van der Waals surface area contributed by atoms with E-state index in [1.54, 1.807) is 0 Å². The summed E-state index contributed by atoms with van der Waals surface area (Å²) in [5.41, 5.74) is 10.9. The lowest BCUT2D eigenvalue weighted by atomic mass is 9.80. The maximum atomic E-state index is 8.90. The molecule has 0 spiro atoms. The first-order valence-corrected chi connectivity index (χ1v) is 18.1. The van der Waals surface area contributed by atoms with E-state index >= 15 is 0 Å². The van der Waals surface area contributed by atoms with E-state index in [0.717, 1.165) is 49.8 Å². The maximum Gasteiger partial charge on any atom is 0.0626 e. The van der Waals surface area contributed by atoms with Crippen LogP contribution >= 0.6 is 0 Å². The third-order valence-corrected chi connectivity index (χ3v) is 10.4. The second-order valence-electron chi connectivity index (χ2n) is 17.2. The van der Waals surface area contributed by atoms with Crippen LogP contribution in [-0.4, -0.2) is 9.13 Å². The fourth-order valence-corrected chi connectivity index (χ4v) is 7.93. The van der Waals surface area contributed by atoms with Crippen LogP contribution in [0, 0.1) is 0 Å². The lowest BCUT2D eigenvalue weighted by Crippen LogP contribution is -2.17. The van der Waals surface area contributed by atoms with Crippen molar-refractivity contribution in [3.05, 3.63) is 155 Å². The van der Waals surface area contributed by atoms with Crippen LogP contribution in [0.4, 0.5) is 0 Å². The summed E-state index contributed by atoms with van der Waals surface area (Å²) in [7, 11) is 0. The van der Waals surface area contributed by atoms with Gasteiger partial charge in [-0.2, -0.15) is 0 Å². The van der Waals surface area contributed by atoms with E-state index in [0.29, 0.717) is 5.56 Å². The first kappa shape index (κ1) is 27.6. The van der Waals surface area contributed by atoms with Crippen LogP contribution < -0.4 is 0 Å². The van der Waals surface area contributed by atoms with Crippen molar-refractivity contribution in [1.29, 1.82) is 0 Å². The van der Waals surface area contributed by atoms with Gasteiger partial charge in [-0.25, -0.2) is 0 Å². The molecule has 0 bridgehead atoms. The molecule has 0 radical (unpaired) electrons. The summed E-state index contributed by atoms with van der Waals surface area (Å²) in [6, 6.07) is 33.7. The molecule has 8 rings (SSSR count). The van der Waals surface area contributed by atoms with Gasteiger partial charge in [-0.15, -0.1) is 0 Å². The number of hydrogen-bond acceptors (Lipinski definition) is 0. The second kappa shape index (κ2) is 11.7. The molecule has 0 aliphatic carbocycles. The SMILES string of the molecule is [2H]c1c([2H])c([2H])c(Cc2cccc3c2c2c(C(C)(C)C)c(-n4c5ccccc5c5ccccc54)ccc2n3-c2cc(C(C)(C)C)cc(C(C)(C)C)c2)c([2H])c1[2H]. The number of rotatable bonds is 4. The summed E-state index contributed by atoms with van der Waals surface area (Å²) in [6.45, 7) is 20.4. The smallest absolute Gasteiger partial charge is 0.0626 e. The lowest BCUT2D eigenvalue weighted by Gasteiger charge is -2.27. The Morgan fingerprint density at radius 2 is 1.06 bits per heavy atom. The van der Waals surface area contributed by atoms with Crippen LogP contribution in [0.2, 0.25) is 0 Å². The molecule has 0 saturated heterocycles. The zero-order valence-corrected chi connectivity index (χ0v) is 31.3. The zero-order valence-electron chi connectivity index (χ0n) is 36.3. The molecular formula is C49H50N2. The fraction of sp³-hybridized carbons (Fsp3) is 0.265. The molecule has 0 atom stereocenters. The number of nitrogens with zero attached hydrogens (tertiary/aromatic N) is 2. The Bertz CT molecular complexity index is 2770. The molecule has 0 N–H and O–H groups in total. The first-order chi connectivity index (χ1) is 26.3. The highest BCUT2D eigenvalue weighted by Crippen LogP contribution is 2.46. The summed E-state index contributed by atoms with van der Waals surface area (Å²) in [5, 5.41) is 4.52. The molecule has 0 aliphatic heterocycles. The van der Waals surface area contributed by atoms with Crippen molar-refractivity contribution in [1.82, 2.24) is 9.13 Å².